The average Bonchev–Trinajstić information content (AvgIpc) is 3.70. The number of carbonyl (C=O) groups is 3. The van der Waals surface area contributed by atoms with Crippen LogP contribution in [0.3, 0.4) is 0 Å². The summed E-state index contributed by atoms with van der Waals surface area (Å²) in [4.78, 5) is 47.8. The molecule has 11 nitrogen and oxygen atoms in total. The summed E-state index contributed by atoms with van der Waals surface area (Å²) < 4.78 is 51.8. The van der Waals surface area contributed by atoms with Gasteiger partial charge in [0, 0.05) is 30.4 Å². The van der Waals surface area contributed by atoms with Crippen molar-refractivity contribution in [2.75, 3.05) is 32.8 Å². The van der Waals surface area contributed by atoms with Crippen LogP contribution in [0.2, 0.25) is 0 Å². The number of halogens is 3. The first-order valence-corrected chi connectivity index (χ1v) is 15.4. The van der Waals surface area contributed by atoms with Crippen LogP contribution in [0.1, 0.15) is 49.4 Å². The van der Waals surface area contributed by atoms with E-state index in [0.717, 1.165) is 0 Å². The number of amides is 1. The molecule has 0 bridgehead atoms. The number of aromatic nitrogens is 1. The Morgan fingerprint density at radius 2 is 2.07 bits per heavy atom. The third kappa shape index (κ3) is 6.20. The normalized spacial score (nSPS) is 23.5. The van der Waals surface area contributed by atoms with Gasteiger partial charge in [0.2, 0.25) is 6.41 Å². The topological polar surface area (TPSA) is 128 Å². The number of amidine groups is 1. The van der Waals surface area contributed by atoms with Crippen LogP contribution < -0.4 is 5.32 Å². The van der Waals surface area contributed by atoms with Gasteiger partial charge in [-0.3, -0.25) is 24.5 Å². The summed E-state index contributed by atoms with van der Waals surface area (Å²) in [7, 11) is 0. The molecule has 2 fully saturated rings. The fraction of sp³-hybridized carbons (Fsp3) is 0.500. The molecule has 0 saturated carbocycles. The molecule has 4 heterocycles. The first-order chi connectivity index (χ1) is 21.3. The number of aliphatic carboxylic acids is 1. The lowest BCUT2D eigenvalue weighted by atomic mass is 9.89. The molecule has 1 amide bonds. The molecule has 15 heteroatoms. The highest BCUT2D eigenvalue weighted by atomic mass is 32.1. The van der Waals surface area contributed by atoms with Crippen molar-refractivity contribution >= 4 is 35.5 Å². The van der Waals surface area contributed by atoms with Gasteiger partial charge >= 0.3 is 11.9 Å². The highest BCUT2D eigenvalue weighted by Crippen LogP contribution is 2.43. The van der Waals surface area contributed by atoms with Crippen LogP contribution in [0.15, 0.2) is 46.0 Å². The molecular weight excluding hydrogens is 613 g/mol. The number of aliphatic imine (C=N–C) groups is 1. The number of hydrazine groups is 1. The van der Waals surface area contributed by atoms with Crippen molar-refractivity contribution in [2.45, 2.75) is 58.2 Å². The largest absolute Gasteiger partial charge is 0.481 e. The van der Waals surface area contributed by atoms with Crippen molar-refractivity contribution in [3.05, 3.63) is 63.0 Å². The van der Waals surface area contributed by atoms with Crippen molar-refractivity contribution in [2.24, 2.45) is 10.4 Å². The number of esters is 1. The van der Waals surface area contributed by atoms with Gasteiger partial charge in [-0.15, -0.1) is 11.3 Å². The lowest BCUT2D eigenvalue weighted by molar-refractivity contribution is -0.151. The van der Waals surface area contributed by atoms with Gasteiger partial charge in [0.25, 0.3) is 5.92 Å². The number of hydrogen-bond acceptors (Lipinski definition) is 10. The number of hydrogen-bond donors (Lipinski definition) is 2. The minimum atomic E-state index is -3.28. The summed E-state index contributed by atoms with van der Waals surface area (Å²) in [6.07, 6.45) is 2.09. The van der Waals surface area contributed by atoms with E-state index in [1.807, 2.05) is 0 Å². The highest BCUT2D eigenvalue weighted by Gasteiger charge is 2.62. The molecule has 1 aromatic carbocycles. The zero-order valence-electron chi connectivity index (χ0n) is 25.3. The standard InChI is InChI=1S/C30H35F3N6O5S/c1-5-44-27(41)22-20(35-25(26-34-10-12-45-26)36-23(22)18-7-6-8-19(31)17(18)2)13-37-15-30(32,33)24-21(37)14-38(16-40)39(24)11-9-29(3,4)28(42)43/h6-8,10,12,16,21,23-24H,5,9,11,13-15H2,1-4H3,(H,35,36)(H,42,43)/t21-,23+,24+/m1/s1. The Labute approximate surface area is 262 Å². The Bertz CT molecular complexity index is 1530. The van der Waals surface area contributed by atoms with E-state index in [-0.39, 0.29) is 49.5 Å². The maximum atomic E-state index is 15.8. The van der Waals surface area contributed by atoms with Gasteiger partial charge in [-0.2, -0.15) is 0 Å². The highest BCUT2D eigenvalue weighted by molar-refractivity contribution is 7.11. The molecule has 2 aromatic rings. The number of fused-ring (bicyclic) bond motifs is 1. The zero-order chi connectivity index (χ0) is 32.7. The fourth-order valence-corrected chi connectivity index (χ4v) is 6.65. The van der Waals surface area contributed by atoms with Crippen LogP contribution in [0, 0.1) is 18.2 Å². The number of nitrogens with one attached hydrogen (secondary N) is 1. The van der Waals surface area contributed by atoms with E-state index >= 15 is 8.78 Å². The molecule has 242 valence electrons. The van der Waals surface area contributed by atoms with Gasteiger partial charge in [0.1, 0.15) is 17.9 Å². The zero-order valence-corrected chi connectivity index (χ0v) is 26.1. The molecule has 3 aliphatic heterocycles. The summed E-state index contributed by atoms with van der Waals surface area (Å²) in [5.41, 5.74) is -0.194. The minimum absolute atomic E-state index is 0.0357. The Balaban J connectivity index is 1.54. The van der Waals surface area contributed by atoms with Gasteiger partial charge in [0.15, 0.2) is 10.8 Å². The minimum Gasteiger partial charge on any atom is -0.481 e. The number of thiazole rings is 1. The van der Waals surface area contributed by atoms with E-state index in [4.69, 9.17) is 9.73 Å². The van der Waals surface area contributed by atoms with Crippen LogP contribution in [0.4, 0.5) is 13.2 Å². The van der Waals surface area contributed by atoms with Crippen LogP contribution in [0.5, 0.6) is 0 Å². The number of benzene rings is 1. The van der Waals surface area contributed by atoms with Crippen molar-refractivity contribution in [1.82, 2.24) is 25.2 Å². The summed E-state index contributed by atoms with van der Waals surface area (Å²) in [6, 6.07) is 1.21. The van der Waals surface area contributed by atoms with Crippen LogP contribution in [-0.4, -0.2) is 100.0 Å². The second-order valence-corrected chi connectivity index (χ2v) is 12.8. The Hall–Kier alpha value is -3.82. The van der Waals surface area contributed by atoms with Crippen LogP contribution >= 0.6 is 11.3 Å². The summed E-state index contributed by atoms with van der Waals surface area (Å²) in [6.45, 7) is 5.29. The molecule has 0 unspecified atom stereocenters. The third-order valence-electron chi connectivity index (χ3n) is 8.59. The van der Waals surface area contributed by atoms with E-state index in [1.165, 1.54) is 52.2 Å². The number of nitrogens with zero attached hydrogens (tertiary/aromatic N) is 5. The summed E-state index contributed by atoms with van der Waals surface area (Å²) in [5, 5.41) is 17.3. The first kappa shape index (κ1) is 32.6. The maximum Gasteiger partial charge on any atom is 0.338 e. The third-order valence-corrected chi connectivity index (χ3v) is 9.37. The summed E-state index contributed by atoms with van der Waals surface area (Å²) >= 11 is 1.28. The molecule has 0 spiro atoms. The van der Waals surface area contributed by atoms with Gasteiger partial charge < -0.3 is 15.2 Å². The van der Waals surface area contributed by atoms with E-state index in [1.54, 1.807) is 31.5 Å². The van der Waals surface area contributed by atoms with E-state index in [9.17, 15) is 23.9 Å². The molecule has 45 heavy (non-hydrogen) atoms. The van der Waals surface area contributed by atoms with Crippen molar-refractivity contribution < 1.29 is 37.4 Å². The van der Waals surface area contributed by atoms with Crippen molar-refractivity contribution in [3.63, 3.8) is 0 Å². The van der Waals surface area contributed by atoms with Gasteiger partial charge in [-0.25, -0.2) is 28.0 Å². The smallest absolute Gasteiger partial charge is 0.338 e. The number of likely N-dealkylation sites (tertiary alicyclic amines) is 1. The van der Waals surface area contributed by atoms with Gasteiger partial charge in [-0.1, -0.05) is 12.1 Å². The van der Waals surface area contributed by atoms with Crippen molar-refractivity contribution in [3.8, 4) is 0 Å². The number of carboxylic acid groups (broad SMARTS) is 1. The quantitative estimate of drug-likeness (QED) is 0.279. The molecule has 2 saturated heterocycles. The first-order valence-electron chi connectivity index (χ1n) is 14.5. The Kier molecular flexibility index (Phi) is 9.06. The fourth-order valence-electron chi connectivity index (χ4n) is 6.06. The molecule has 0 aliphatic carbocycles. The number of carboxylic acids is 1. The lowest BCUT2D eigenvalue weighted by Gasteiger charge is -2.33. The summed E-state index contributed by atoms with van der Waals surface area (Å²) in [5.74, 6) is -5.27. The van der Waals surface area contributed by atoms with Gasteiger partial charge in [-0.05, 0) is 51.3 Å². The van der Waals surface area contributed by atoms with E-state index < -0.39 is 53.8 Å². The Morgan fingerprint density at radius 1 is 1.31 bits per heavy atom. The predicted octanol–water partition coefficient (Wildman–Crippen LogP) is 3.38. The molecule has 0 radical (unpaired) electrons. The molecule has 3 aliphatic rings. The number of alkyl halides is 2. The van der Waals surface area contributed by atoms with Gasteiger partial charge in [0.05, 0.1) is 36.7 Å². The van der Waals surface area contributed by atoms with E-state index in [0.29, 0.717) is 22.8 Å². The molecular formula is C30H35F3N6O5S. The number of rotatable bonds is 11. The molecule has 1 aromatic heterocycles. The van der Waals surface area contributed by atoms with Crippen LogP contribution in [0.25, 0.3) is 0 Å². The molecule has 2 N–H and O–H groups in total. The SMILES string of the molecule is CCOC(=O)C1=C(CN2CC(F)(F)[C@@H]3[C@H]2CN(C=O)N3CCC(C)(C)C(=O)O)NC(c2nccs2)=N[C@H]1c1cccc(F)c1C. The lowest BCUT2D eigenvalue weighted by Crippen LogP contribution is -2.50. The number of ether oxygens (including phenoxy) is 1. The molecule has 3 atom stereocenters. The second-order valence-electron chi connectivity index (χ2n) is 11.9. The average molecular weight is 649 g/mol. The molecule has 5 rings (SSSR count). The predicted molar refractivity (Wildman–Crippen MR) is 159 cm³/mol. The van der Waals surface area contributed by atoms with E-state index in [2.05, 4.69) is 10.3 Å². The number of carbonyl (C=O) groups excluding carboxylic acids is 2. The van der Waals surface area contributed by atoms with Crippen molar-refractivity contribution in [1.29, 1.82) is 0 Å². The second kappa shape index (κ2) is 12.5. The van der Waals surface area contributed by atoms with Crippen LogP contribution in [-0.2, 0) is 19.1 Å². The Morgan fingerprint density at radius 3 is 2.71 bits per heavy atom. The maximum absolute atomic E-state index is 15.8. The monoisotopic (exact) mass is 648 g/mol.